The first kappa shape index (κ1) is 16.3. The van der Waals surface area contributed by atoms with Crippen molar-refractivity contribution in [1.82, 2.24) is 4.72 Å². The van der Waals surface area contributed by atoms with Gasteiger partial charge in [0, 0.05) is 29.5 Å². The van der Waals surface area contributed by atoms with Gasteiger partial charge in [-0.2, -0.15) is 0 Å². The summed E-state index contributed by atoms with van der Waals surface area (Å²) in [5, 5.41) is 8.83. The second-order valence-corrected chi connectivity index (χ2v) is 7.47. The summed E-state index contributed by atoms with van der Waals surface area (Å²) < 4.78 is 25.8. The molecule has 0 spiro atoms. The van der Waals surface area contributed by atoms with Crippen molar-refractivity contribution >= 4 is 27.5 Å². The van der Waals surface area contributed by atoms with Gasteiger partial charge < -0.3 is 10.8 Å². The van der Waals surface area contributed by atoms with Crippen LogP contribution in [0.25, 0.3) is 0 Å². The van der Waals surface area contributed by atoms with Crippen molar-refractivity contribution < 1.29 is 13.5 Å². The maximum Gasteiger partial charge on any atom is 0.212 e. The monoisotopic (exact) mass is 304 g/mol. The summed E-state index contributed by atoms with van der Waals surface area (Å²) in [4.78, 5) is 0.994. The van der Waals surface area contributed by atoms with Crippen LogP contribution in [-0.4, -0.2) is 38.2 Å². The number of aliphatic hydroxyl groups is 1. The zero-order valence-electron chi connectivity index (χ0n) is 10.9. The van der Waals surface area contributed by atoms with Gasteiger partial charge in [0.2, 0.25) is 10.0 Å². The minimum Gasteiger partial charge on any atom is -0.399 e. The molecule has 108 valence electrons. The zero-order chi connectivity index (χ0) is 14.3. The molecule has 0 radical (unpaired) electrons. The van der Waals surface area contributed by atoms with Crippen molar-refractivity contribution in [3.05, 3.63) is 24.3 Å². The first-order chi connectivity index (χ1) is 8.93. The molecule has 19 heavy (non-hydrogen) atoms. The van der Waals surface area contributed by atoms with Crippen LogP contribution in [0.4, 0.5) is 5.69 Å². The maximum absolute atomic E-state index is 11.7. The fourth-order valence-corrected chi connectivity index (χ4v) is 3.70. The topological polar surface area (TPSA) is 92.4 Å². The Hall–Kier alpha value is -0.760. The van der Waals surface area contributed by atoms with Crippen molar-refractivity contribution in [2.75, 3.05) is 30.4 Å². The van der Waals surface area contributed by atoms with Gasteiger partial charge in [-0.05, 0) is 30.2 Å². The summed E-state index contributed by atoms with van der Waals surface area (Å²) >= 11 is 1.47. The van der Waals surface area contributed by atoms with Crippen LogP contribution in [0.2, 0.25) is 0 Å². The van der Waals surface area contributed by atoms with Gasteiger partial charge in [0.1, 0.15) is 0 Å². The van der Waals surface area contributed by atoms with Crippen LogP contribution in [0.3, 0.4) is 0 Å². The van der Waals surface area contributed by atoms with Crippen LogP contribution in [0.1, 0.15) is 6.92 Å². The molecular formula is C12H20N2O3S2. The summed E-state index contributed by atoms with van der Waals surface area (Å²) in [6.45, 7) is 2.03. The lowest BCUT2D eigenvalue weighted by molar-refractivity contribution is 0.238. The number of nitrogens with one attached hydrogen (secondary N) is 1. The minimum atomic E-state index is -3.27. The lowest BCUT2D eigenvalue weighted by Gasteiger charge is -2.10. The van der Waals surface area contributed by atoms with E-state index in [2.05, 4.69) is 4.72 Å². The molecule has 0 aliphatic rings. The van der Waals surface area contributed by atoms with Gasteiger partial charge >= 0.3 is 0 Å². The van der Waals surface area contributed by atoms with Crippen LogP contribution in [0.15, 0.2) is 29.2 Å². The molecule has 1 aromatic rings. The van der Waals surface area contributed by atoms with Gasteiger partial charge in [-0.3, -0.25) is 0 Å². The molecule has 1 unspecified atom stereocenters. The van der Waals surface area contributed by atoms with Crippen molar-refractivity contribution in [2.45, 2.75) is 11.8 Å². The number of benzene rings is 1. The van der Waals surface area contributed by atoms with Crippen molar-refractivity contribution in [3.8, 4) is 0 Å². The molecule has 0 saturated carbocycles. The molecule has 0 bridgehead atoms. The number of nitrogen functional groups attached to an aromatic ring is 1. The molecule has 1 atom stereocenters. The van der Waals surface area contributed by atoms with E-state index in [1.165, 1.54) is 11.8 Å². The normalized spacial score (nSPS) is 13.4. The molecule has 0 aliphatic carbocycles. The highest BCUT2D eigenvalue weighted by molar-refractivity contribution is 8.00. The molecule has 0 saturated heterocycles. The van der Waals surface area contributed by atoms with E-state index in [-0.39, 0.29) is 24.8 Å². The zero-order valence-corrected chi connectivity index (χ0v) is 12.5. The van der Waals surface area contributed by atoms with Gasteiger partial charge in [-0.25, -0.2) is 13.1 Å². The number of sulfonamides is 1. The Morgan fingerprint density at radius 3 is 2.58 bits per heavy atom. The van der Waals surface area contributed by atoms with E-state index in [0.717, 1.165) is 4.90 Å². The smallest absolute Gasteiger partial charge is 0.212 e. The number of nitrogens with two attached hydrogens (primary N) is 1. The third kappa shape index (κ3) is 6.81. The maximum atomic E-state index is 11.7. The third-order valence-electron chi connectivity index (χ3n) is 2.46. The molecule has 1 rings (SSSR count). The molecule has 0 aromatic heterocycles. The SMILES string of the molecule is CC(CO)CNS(=O)(=O)CCSc1ccc(N)cc1. The van der Waals surface area contributed by atoms with Crippen LogP contribution in [0.5, 0.6) is 0 Å². The summed E-state index contributed by atoms with van der Waals surface area (Å²) in [5.74, 6) is 0.465. The fraction of sp³-hybridized carbons (Fsp3) is 0.500. The van der Waals surface area contributed by atoms with Crippen molar-refractivity contribution in [2.24, 2.45) is 5.92 Å². The van der Waals surface area contributed by atoms with E-state index < -0.39 is 10.0 Å². The molecule has 0 heterocycles. The quantitative estimate of drug-likeness (QED) is 0.490. The first-order valence-corrected chi connectivity index (χ1v) is 8.63. The molecular weight excluding hydrogens is 284 g/mol. The van der Waals surface area contributed by atoms with Gasteiger partial charge in [0.05, 0.1) is 5.75 Å². The largest absolute Gasteiger partial charge is 0.399 e. The van der Waals surface area contributed by atoms with E-state index in [1.54, 1.807) is 19.1 Å². The molecule has 1 aromatic carbocycles. The van der Waals surface area contributed by atoms with Gasteiger partial charge in [-0.1, -0.05) is 6.92 Å². The Kier molecular flexibility index (Phi) is 6.64. The van der Waals surface area contributed by atoms with Crippen molar-refractivity contribution in [1.29, 1.82) is 0 Å². The van der Waals surface area contributed by atoms with Gasteiger partial charge in [0.15, 0.2) is 0 Å². The standard InChI is InChI=1S/C12H20N2O3S2/c1-10(9-15)8-14-19(16,17)7-6-18-12-4-2-11(13)3-5-12/h2-5,10,14-15H,6-9,13H2,1H3. The lowest BCUT2D eigenvalue weighted by atomic mass is 10.2. The van der Waals surface area contributed by atoms with E-state index in [1.807, 2.05) is 12.1 Å². The van der Waals surface area contributed by atoms with E-state index in [0.29, 0.717) is 11.4 Å². The summed E-state index contributed by atoms with van der Waals surface area (Å²) in [5.41, 5.74) is 6.26. The molecule has 0 fully saturated rings. The summed E-state index contributed by atoms with van der Waals surface area (Å²) in [6.07, 6.45) is 0. The second-order valence-electron chi connectivity index (χ2n) is 4.37. The second kappa shape index (κ2) is 7.74. The fourth-order valence-electron chi connectivity index (χ4n) is 1.24. The predicted octanol–water partition coefficient (Wildman–Crippen LogP) is 0.909. The lowest BCUT2D eigenvalue weighted by Crippen LogP contribution is -2.32. The average molecular weight is 304 g/mol. The Labute approximate surface area is 118 Å². The van der Waals surface area contributed by atoms with Crippen LogP contribution >= 0.6 is 11.8 Å². The summed E-state index contributed by atoms with van der Waals surface area (Å²) in [6, 6.07) is 7.32. The van der Waals surface area contributed by atoms with Crippen molar-refractivity contribution in [3.63, 3.8) is 0 Å². The predicted molar refractivity (Wildman–Crippen MR) is 79.6 cm³/mol. The Bertz CT molecular complexity index is 474. The molecule has 5 nitrogen and oxygen atoms in total. The van der Waals surface area contributed by atoms with E-state index >= 15 is 0 Å². The Morgan fingerprint density at radius 1 is 1.37 bits per heavy atom. The number of hydrogen-bond acceptors (Lipinski definition) is 5. The van der Waals surface area contributed by atoms with Gasteiger partial charge in [-0.15, -0.1) is 11.8 Å². The average Bonchev–Trinajstić information content (AvgIpc) is 2.38. The number of aliphatic hydroxyl groups excluding tert-OH is 1. The Morgan fingerprint density at radius 2 is 2.00 bits per heavy atom. The number of thioether (sulfide) groups is 1. The highest BCUT2D eigenvalue weighted by atomic mass is 32.2. The molecule has 4 N–H and O–H groups in total. The van der Waals surface area contributed by atoms with E-state index in [4.69, 9.17) is 10.8 Å². The van der Waals surface area contributed by atoms with Crippen LogP contribution in [0, 0.1) is 5.92 Å². The summed E-state index contributed by atoms with van der Waals surface area (Å²) in [7, 11) is -3.27. The third-order valence-corrected chi connectivity index (χ3v) is 5.08. The first-order valence-electron chi connectivity index (χ1n) is 5.99. The molecule has 0 aliphatic heterocycles. The van der Waals surface area contributed by atoms with Gasteiger partial charge in [0.25, 0.3) is 0 Å². The van der Waals surface area contributed by atoms with Crippen LogP contribution in [-0.2, 0) is 10.0 Å². The highest BCUT2D eigenvalue weighted by Crippen LogP contribution is 2.19. The minimum absolute atomic E-state index is 0.0251. The number of hydrogen-bond donors (Lipinski definition) is 3. The highest BCUT2D eigenvalue weighted by Gasteiger charge is 2.11. The number of anilines is 1. The molecule has 0 amide bonds. The molecule has 7 heteroatoms. The Balaban J connectivity index is 2.33. The van der Waals surface area contributed by atoms with E-state index in [9.17, 15) is 8.42 Å². The van der Waals surface area contributed by atoms with Crippen LogP contribution < -0.4 is 10.5 Å². The number of rotatable bonds is 8.